The molecule has 0 radical (unpaired) electrons. The molecule has 28 heavy (non-hydrogen) atoms. The number of likely N-dealkylation sites (tertiary alicyclic amines) is 1. The maximum Gasteiger partial charge on any atom is 0.308 e. The van der Waals surface area contributed by atoms with E-state index in [9.17, 15) is 18.3 Å². The van der Waals surface area contributed by atoms with Crippen molar-refractivity contribution in [2.75, 3.05) is 39.8 Å². The number of esters is 1. The van der Waals surface area contributed by atoms with E-state index in [1.54, 1.807) is 12.1 Å². The van der Waals surface area contributed by atoms with Crippen LogP contribution in [0, 0.1) is 5.92 Å². The van der Waals surface area contributed by atoms with Crippen LogP contribution in [0.2, 0.25) is 5.02 Å². The number of hydrogen-bond donors (Lipinski definition) is 1. The van der Waals surface area contributed by atoms with Gasteiger partial charge in [-0.2, -0.15) is 4.31 Å². The summed E-state index contributed by atoms with van der Waals surface area (Å²) in [7, 11) is -2.18. The predicted octanol–water partition coefficient (Wildman–Crippen LogP) is 1.74. The van der Waals surface area contributed by atoms with Crippen molar-refractivity contribution in [3.05, 3.63) is 29.3 Å². The smallest absolute Gasteiger partial charge is 0.308 e. The normalized spacial score (nSPS) is 22.1. The number of carbonyl (C=O) groups excluding carboxylic acids is 1. The van der Waals surface area contributed by atoms with Gasteiger partial charge in [-0.05, 0) is 63.0 Å². The van der Waals surface area contributed by atoms with Gasteiger partial charge < -0.3 is 14.7 Å². The van der Waals surface area contributed by atoms with E-state index in [4.69, 9.17) is 16.3 Å². The van der Waals surface area contributed by atoms with E-state index in [-0.39, 0.29) is 29.9 Å². The van der Waals surface area contributed by atoms with Gasteiger partial charge in [0.25, 0.3) is 0 Å². The van der Waals surface area contributed by atoms with E-state index in [0.717, 1.165) is 25.9 Å². The first-order chi connectivity index (χ1) is 13.2. The lowest BCUT2D eigenvalue weighted by molar-refractivity contribution is -0.147. The molecule has 1 aromatic rings. The molecule has 2 aliphatic rings. The maximum absolute atomic E-state index is 12.8. The van der Waals surface area contributed by atoms with E-state index < -0.39 is 15.6 Å². The van der Waals surface area contributed by atoms with Crippen molar-refractivity contribution < 1.29 is 23.1 Å². The molecule has 0 aromatic heterocycles. The quantitative estimate of drug-likeness (QED) is 0.716. The number of sulfonamides is 1. The lowest BCUT2D eigenvalue weighted by atomic mass is 9.90. The SMILES string of the molecule is COC(=O)C1CCN(CC2(O)CCN(S(=O)(=O)c3ccc(Cl)cc3)CC2)CC1. The molecule has 1 aromatic carbocycles. The number of aliphatic hydroxyl groups is 1. The Kier molecular flexibility index (Phi) is 6.66. The molecule has 0 saturated carbocycles. The van der Waals surface area contributed by atoms with Gasteiger partial charge in [0.15, 0.2) is 0 Å². The minimum Gasteiger partial charge on any atom is -0.469 e. The second kappa shape index (κ2) is 8.67. The Morgan fingerprint density at radius 3 is 2.29 bits per heavy atom. The molecular formula is C19H27ClN2O5S. The molecule has 0 bridgehead atoms. The van der Waals surface area contributed by atoms with Crippen molar-refractivity contribution in [2.45, 2.75) is 36.2 Å². The number of piperidine rings is 2. The van der Waals surface area contributed by atoms with Crippen molar-refractivity contribution in [3.8, 4) is 0 Å². The molecule has 0 spiro atoms. The number of hydrogen-bond acceptors (Lipinski definition) is 6. The first-order valence-corrected chi connectivity index (χ1v) is 11.3. The molecule has 0 unspecified atom stereocenters. The fraction of sp³-hybridized carbons (Fsp3) is 0.632. The number of β-amino-alcohol motifs (C(OH)–C–C–N with tert-alkyl or cyclic N) is 1. The first-order valence-electron chi connectivity index (χ1n) is 9.52. The second-order valence-corrected chi connectivity index (χ2v) is 10.0. The fourth-order valence-corrected chi connectivity index (χ4v) is 5.53. The number of nitrogens with zero attached hydrogens (tertiary/aromatic N) is 2. The maximum atomic E-state index is 12.8. The molecule has 0 amide bonds. The third kappa shape index (κ3) is 4.86. The minimum atomic E-state index is -3.58. The van der Waals surface area contributed by atoms with Crippen LogP contribution in [-0.4, -0.2) is 74.1 Å². The third-order valence-electron chi connectivity index (χ3n) is 5.74. The Morgan fingerprint density at radius 1 is 1.18 bits per heavy atom. The molecule has 2 saturated heterocycles. The highest BCUT2D eigenvalue weighted by atomic mass is 35.5. The summed E-state index contributed by atoms with van der Waals surface area (Å²) in [5.41, 5.74) is -0.913. The lowest BCUT2D eigenvalue weighted by Gasteiger charge is -2.42. The molecule has 2 aliphatic heterocycles. The van der Waals surface area contributed by atoms with Gasteiger partial charge >= 0.3 is 5.97 Å². The summed E-state index contributed by atoms with van der Waals surface area (Å²) in [5.74, 6) is -0.235. The van der Waals surface area contributed by atoms with Gasteiger partial charge in [-0.3, -0.25) is 4.79 Å². The van der Waals surface area contributed by atoms with Crippen molar-refractivity contribution >= 4 is 27.6 Å². The highest BCUT2D eigenvalue weighted by Gasteiger charge is 2.39. The zero-order valence-electron chi connectivity index (χ0n) is 16.0. The largest absolute Gasteiger partial charge is 0.469 e. The second-order valence-electron chi connectivity index (χ2n) is 7.66. The van der Waals surface area contributed by atoms with E-state index in [1.807, 2.05) is 0 Å². The topological polar surface area (TPSA) is 87.2 Å². The number of methoxy groups -OCH3 is 1. The Labute approximate surface area is 171 Å². The summed E-state index contributed by atoms with van der Waals surface area (Å²) >= 11 is 5.84. The molecule has 0 aliphatic carbocycles. The van der Waals surface area contributed by atoms with Crippen molar-refractivity contribution in [3.63, 3.8) is 0 Å². The summed E-state index contributed by atoms with van der Waals surface area (Å²) in [5, 5.41) is 11.5. The van der Waals surface area contributed by atoms with Crippen LogP contribution in [0.4, 0.5) is 0 Å². The molecule has 7 nitrogen and oxygen atoms in total. The monoisotopic (exact) mass is 430 g/mol. The zero-order chi connectivity index (χ0) is 20.4. The van der Waals surface area contributed by atoms with Crippen molar-refractivity contribution in [1.82, 2.24) is 9.21 Å². The Morgan fingerprint density at radius 2 is 1.75 bits per heavy atom. The van der Waals surface area contributed by atoms with Crippen LogP contribution in [0.25, 0.3) is 0 Å². The molecule has 0 atom stereocenters. The molecule has 1 N–H and O–H groups in total. The van der Waals surface area contributed by atoms with Gasteiger partial charge in [-0.1, -0.05) is 11.6 Å². The molecule has 156 valence electrons. The first kappa shape index (κ1) is 21.5. The number of halogens is 1. The molecular weight excluding hydrogens is 404 g/mol. The van der Waals surface area contributed by atoms with Crippen LogP contribution in [0.15, 0.2) is 29.2 Å². The van der Waals surface area contributed by atoms with Crippen LogP contribution in [-0.2, 0) is 19.6 Å². The van der Waals surface area contributed by atoms with Crippen LogP contribution in [0.5, 0.6) is 0 Å². The molecule has 2 heterocycles. The third-order valence-corrected chi connectivity index (χ3v) is 7.91. The van der Waals surface area contributed by atoms with E-state index in [1.165, 1.54) is 23.5 Å². The van der Waals surface area contributed by atoms with Gasteiger partial charge in [0.2, 0.25) is 10.0 Å². The average Bonchev–Trinajstić information content (AvgIpc) is 2.68. The summed E-state index contributed by atoms with van der Waals surface area (Å²) in [6.07, 6.45) is 2.22. The lowest BCUT2D eigenvalue weighted by Crippen LogP contribution is -2.53. The average molecular weight is 431 g/mol. The van der Waals surface area contributed by atoms with Crippen LogP contribution >= 0.6 is 11.6 Å². The molecule has 9 heteroatoms. The zero-order valence-corrected chi connectivity index (χ0v) is 17.6. The van der Waals surface area contributed by atoms with Crippen LogP contribution in [0.3, 0.4) is 0 Å². The summed E-state index contributed by atoms with van der Waals surface area (Å²) in [6.45, 7) is 2.51. The van der Waals surface area contributed by atoms with E-state index in [2.05, 4.69) is 4.90 Å². The van der Waals surface area contributed by atoms with E-state index in [0.29, 0.717) is 24.4 Å². The Bertz CT molecular complexity index is 783. The number of benzene rings is 1. The van der Waals surface area contributed by atoms with Crippen molar-refractivity contribution in [1.29, 1.82) is 0 Å². The van der Waals surface area contributed by atoms with Gasteiger partial charge in [0.05, 0.1) is 23.5 Å². The van der Waals surface area contributed by atoms with Crippen LogP contribution in [0.1, 0.15) is 25.7 Å². The van der Waals surface area contributed by atoms with Gasteiger partial charge in [-0.25, -0.2) is 8.42 Å². The Hall–Kier alpha value is -1.19. The van der Waals surface area contributed by atoms with Gasteiger partial charge in [0, 0.05) is 24.7 Å². The number of rotatable bonds is 5. The summed E-state index contributed by atoms with van der Waals surface area (Å²) in [6, 6.07) is 6.13. The standard InChI is InChI=1S/C19H27ClN2O5S/c1-27-18(23)15-6-10-21(11-7-15)14-19(24)8-12-22(13-9-19)28(25,26)17-4-2-16(20)3-5-17/h2-5,15,24H,6-14H2,1H3. The fourth-order valence-electron chi connectivity index (χ4n) is 3.97. The summed E-state index contributed by atoms with van der Waals surface area (Å²) < 4.78 is 31.8. The number of ether oxygens (including phenoxy) is 1. The summed E-state index contributed by atoms with van der Waals surface area (Å²) in [4.78, 5) is 14.0. The predicted molar refractivity (Wildman–Crippen MR) is 106 cm³/mol. The highest BCUT2D eigenvalue weighted by Crippen LogP contribution is 2.29. The molecule has 2 fully saturated rings. The number of carbonyl (C=O) groups is 1. The highest BCUT2D eigenvalue weighted by molar-refractivity contribution is 7.89. The van der Waals surface area contributed by atoms with Crippen LogP contribution < -0.4 is 0 Å². The minimum absolute atomic E-state index is 0.0674. The van der Waals surface area contributed by atoms with E-state index >= 15 is 0 Å². The Balaban J connectivity index is 1.54. The van der Waals surface area contributed by atoms with Gasteiger partial charge in [0.1, 0.15) is 0 Å². The molecule has 3 rings (SSSR count). The van der Waals surface area contributed by atoms with Gasteiger partial charge in [-0.15, -0.1) is 0 Å². The van der Waals surface area contributed by atoms with Crippen molar-refractivity contribution in [2.24, 2.45) is 5.92 Å².